The minimum Gasteiger partial charge on any atom is -0.459 e. The van der Waals surface area contributed by atoms with Crippen LogP contribution in [-0.2, 0) is 13.0 Å². The van der Waals surface area contributed by atoms with Gasteiger partial charge in [-0.25, -0.2) is 9.97 Å². The average Bonchev–Trinajstić information content (AvgIpc) is 2.88. The van der Waals surface area contributed by atoms with Crippen molar-refractivity contribution in [2.45, 2.75) is 26.8 Å². The standard InChI is InChI=1S/C17H19N3O/c1-4-14-10-17(19-12(2)18-14)20(3)11-15-9-13-7-5-6-8-16(13)21-15/h5-10H,4,11H2,1-3H3. The summed E-state index contributed by atoms with van der Waals surface area (Å²) in [6.45, 7) is 4.72. The maximum Gasteiger partial charge on any atom is 0.134 e. The second kappa shape index (κ2) is 5.56. The van der Waals surface area contributed by atoms with E-state index in [1.165, 1.54) is 0 Å². The Labute approximate surface area is 124 Å². The van der Waals surface area contributed by atoms with Crippen LogP contribution in [-0.4, -0.2) is 17.0 Å². The van der Waals surface area contributed by atoms with Crippen LogP contribution in [0.5, 0.6) is 0 Å². The predicted octanol–water partition coefficient (Wildman–Crippen LogP) is 3.73. The molecule has 3 rings (SSSR count). The molecule has 1 aromatic carbocycles. The highest BCUT2D eigenvalue weighted by Crippen LogP contribution is 2.21. The molecule has 21 heavy (non-hydrogen) atoms. The molecule has 0 aliphatic carbocycles. The number of fused-ring (bicyclic) bond motifs is 1. The van der Waals surface area contributed by atoms with Crippen LogP contribution in [0, 0.1) is 6.92 Å². The van der Waals surface area contributed by atoms with Crippen LogP contribution in [0.2, 0.25) is 0 Å². The molecule has 0 radical (unpaired) electrons. The first kappa shape index (κ1) is 13.6. The van der Waals surface area contributed by atoms with Crippen molar-refractivity contribution in [3.05, 3.63) is 53.7 Å². The van der Waals surface area contributed by atoms with Crippen molar-refractivity contribution < 1.29 is 4.42 Å². The zero-order valence-corrected chi connectivity index (χ0v) is 12.6. The maximum absolute atomic E-state index is 5.86. The summed E-state index contributed by atoms with van der Waals surface area (Å²) < 4.78 is 5.86. The first-order valence-corrected chi connectivity index (χ1v) is 7.19. The fraction of sp³-hybridized carbons (Fsp3) is 0.294. The molecule has 2 aromatic heterocycles. The average molecular weight is 281 g/mol. The van der Waals surface area contributed by atoms with E-state index in [0.29, 0.717) is 6.54 Å². The van der Waals surface area contributed by atoms with Crippen LogP contribution >= 0.6 is 0 Å². The first-order valence-electron chi connectivity index (χ1n) is 7.19. The summed E-state index contributed by atoms with van der Waals surface area (Å²) >= 11 is 0. The number of aryl methyl sites for hydroxylation is 2. The molecular weight excluding hydrogens is 262 g/mol. The first-order chi connectivity index (χ1) is 10.2. The maximum atomic E-state index is 5.86. The van der Waals surface area contributed by atoms with E-state index in [-0.39, 0.29) is 0 Å². The molecule has 0 saturated heterocycles. The number of hydrogen-bond donors (Lipinski definition) is 0. The topological polar surface area (TPSA) is 42.2 Å². The number of para-hydroxylation sites is 1. The predicted molar refractivity (Wildman–Crippen MR) is 84.5 cm³/mol. The number of rotatable bonds is 4. The van der Waals surface area contributed by atoms with Crippen molar-refractivity contribution in [1.82, 2.24) is 9.97 Å². The van der Waals surface area contributed by atoms with Crippen LogP contribution in [0.25, 0.3) is 11.0 Å². The van der Waals surface area contributed by atoms with E-state index in [1.54, 1.807) is 0 Å². The lowest BCUT2D eigenvalue weighted by Crippen LogP contribution is -2.18. The second-order valence-corrected chi connectivity index (χ2v) is 5.22. The molecule has 0 atom stereocenters. The number of benzene rings is 1. The number of anilines is 1. The van der Waals surface area contributed by atoms with Gasteiger partial charge in [-0.3, -0.25) is 0 Å². The van der Waals surface area contributed by atoms with Crippen molar-refractivity contribution in [1.29, 1.82) is 0 Å². The summed E-state index contributed by atoms with van der Waals surface area (Å²) in [4.78, 5) is 11.0. The SMILES string of the molecule is CCc1cc(N(C)Cc2cc3ccccc3o2)nc(C)n1. The van der Waals surface area contributed by atoms with E-state index in [9.17, 15) is 0 Å². The van der Waals surface area contributed by atoms with Gasteiger partial charge < -0.3 is 9.32 Å². The van der Waals surface area contributed by atoms with E-state index >= 15 is 0 Å². The highest BCUT2D eigenvalue weighted by molar-refractivity contribution is 5.77. The molecule has 4 nitrogen and oxygen atoms in total. The molecule has 0 saturated carbocycles. The van der Waals surface area contributed by atoms with Gasteiger partial charge in [0.2, 0.25) is 0 Å². The number of aromatic nitrogens is 2. The molecule has 0 aliphatic rings. The van der Waals surface area contributed by atoms with Crippen molar-refractivity contribution in [2.75, 3.05) is 11.9 Å². The monoisotopic (exact) mass is 281 g/mol. The largest absolute Gasteiger partial charge is 0.459 e. The fourth-order valence-electron chi connectivity index (χ4n) is 2.42. The molecule has 4 heteroatoms. The van der Waals surface area contributed by atoms with Gasteiger partial charge in [0, 0.05) is 24.2 Å². The lowest BCUT2D eigenvalue weighted by molar-refractivity contribution is 0.545. The van der Waals surface area contributed by atoms with Crippen LogP contribution in [0.1, 0.15) is 24.2 Å². The van der Waals surface area contributed by atoms with E-state index < -0.39 is 0 Å². The molecule has 0 fully saturated rings. The Bertz CT molecular complexity index is 731. The Kier molecular flexibility index (Phi) is 3.60. The van der Waals surface area contributed by atoms with Gasteiger partial charge in [0.05, 0.1) is 6.54 Å². The van der Waals surface area contributed by atoms with E-state index in [4.69, 9.17) is 4.42 Å². The van der Waals surface area contributed by atoms with E-state index in [0.717, 1.165) is 40.5 Å². The van der Waals surface area contributed by atoms with Gasteiger partial charge >= 0.3 is 0 Å². The minimum atomic E-state index is 0.689. The number of furan rings is 1. The molecule has 0 spiro atoms. The lowest BCUT2D eigenvalue weighted by Gasteiger charge is -2.17. The minimum absolute atomic E-state index is 0.689. The number of hydrogen-bond acceptors (Lipinski definition) is 4. The Morgan fingerprint density at radius 3 is 2.71 bits per heavy atom. The summed E-state index contributed by atoms with van der Waals surface area (Å²) in [5.41, 5.74) is 1.99. The third-order valence-corrected chi connectivity index (χ3v) is 3.50. The van der Waals surface area contributed by atoms with Gasteiger partial charge in [-0.2, -0.15) is 0 Å². The van der Waals surface area contributed by atoms with E-state index in [2.05, 4.69) is 33.9 Å². The van der Waals surface area contributed by atoms with E-state index in [1.807, 2.05) is 38.2 Å². The van der Waals surface area contributed by atoms with Gasteiger partial charge in [0.15, 0.2) is 0 Å². The lowest BCUT2D eigenvalue weighted by atomic mass is 10.2. The summed E-state index contributed by atoms with van der Waals surface area (Å²) in [6, 6.07) is 12.2. The Morgan fingerprint density at radius 2 is 1.95 bits per heavy atom. The van der Waals surface area contributed by atoms with Gasteiger partial charge in [-0.05, 0) is 25.5 Å². The van der Waals surface area contributed by atoms with Crippen molar-refractivity contribution in [3.63, 3.8) is 0 Å². The van der Waals surface area contributed by atoms with Crippen molar-refractivity contribution in [3.8, 4) is 0 Å². The molecule has 0 N–H and O–H groups in total. The van der Waals surface area contributed by atoms with Gasteiger partial charge in [-0.1, -0.05) is 25.1 Å². The Hall–Kier alpha value is -2.36. The van der Waals surface area contributed by atoms with Gasteiger partial charge in [0.1, 0.15) is 23.0 Å². The van der Waals surface area contributed by atoms with Gasteiger partial charge in [-0.15, -0.1) is 0 Å². The Morgan fingerprint density at radius 1 is 1.14 bits per heavy atom. The highest BCUT2D eigenvalue weighted by Gasteiger charge is 2.10. The summed E-state index contributed by atoms with van der Waals surface area (Å²) in [5, 5.41) is 1.13. The van der Waals surface area contributed by atoms with Gasteiger partial charge in [0.25, 0.3) is 0 Å². The quantitative estimate of drug-likeness (QED) is 0.730. The molecule has 3 aromatic rings. The molecule has 0 amide bonds. The number of nitrogens with zero attached hydrogens (tertiary/aromatic N) is 3. The molecular formula is C17H19N3O. The van der Waals surface area contributed by atoms with Crippen LogP contribution in [0.15, 0.2) is 40.8 Å². The summed E-state index contributed by atoms with van der Waals surface area (Å²) in [5.74, 6) is 2.67. The molecule has 0 aliphatic heterocycles. The molecule has 2 heterocycles. The normalized spacial score (nSPS) is 11.0. The van der Waals surface area contributed by atoms with Crippen molar-refractivity contribution >= 4 is 16.8 Å². The summed E-state index contributed by atoms with van der Waals surface area (Å²) in [7, 11) is 2.02. The Balaban J connectivity index is 1.85. The highest BCUT2D eigenvalue weighted by atomic mass is 16.3. The van der Waals surface area contributed by atoms with Crippen LogP contribution in [0.3, 0.4) is 0 Å². The smallest absolute Gasteiger partial charge is 0.134 e. The summed E-state index contributed by atoms with van der Waals surface area (Å²) in [6.07, 6.45) is 0.912. The van der Waals surface area contributed by atoms with Crippen molar-refractivity contribution in [2.24, 2.45) is 0 Å². The molecule has 108 valence electrons. The molecule has 0 unspecified atom stereocenters. The fourth-order valence-corrected chi connectivity index (χ4v) is 2.42. The third-order valence-electron chi connectivity index (χ3n) is 3.50. The van der Waals surface area contributed by atoms with Crippen LogP contribution in [0.4, 0.5) is 5.82 Å². The van der Waals surface area contributed by atoms with Crippen LogP contribution < -0.4 is 4.90 Å². The zero-order chi connectivity index (χ0) is 14.8. The molecule has 0 bridgehead atoms. The zero-order valence-electron chi connectivity index (χ0n) is 12.6. The second-order valence-electron chi connectivity index (χ2n) is 5.22. The third kappa shape index (κ3) is 2.89.